The molecule has 5 nitrogen and oxygen atoms in total. The number of hydrogen-bond donors (Lipinski definition) is 0. The maximum absolute atomic E-state index is 12.1. The van der Waals surface area contributed by atoms with Crippen LogP contribution in [0.2, 0.25) is 0 Å². The van der Waals surface area contributed by atoms with Crippen molar-refractivity contribution in [2.45, 2.75) is 6.54 Å². The summed E-state index contributed by atoms with van der Waals surface area (Å²) < 4.78 is 5.07. The average molecular weight is 263 g/mol. The van der Waals surface area contributed by atoms with Crippen LogP contribution in [0.4, 0.5) is 0 Å². The first kappa shape index (κ1) is 12.5. The largest absolute Gasteiger partial charge is 0.497 e. The average Bonchev–Trinajstić information content (AvgIpc) is 2.90. The Hall–Kier alpha value is -1.95. The van der Waals surface area contributed by atoms with E-state index in [0.29, 0.717) is 18.0 Å². The Morgan fingerprint density at radius 2 is 2.33 bits per heavy atom. The Labute approximate surface area is 109 Å². The molecular weight excluding hydrogens is 250 g/mol. The molecular formula is C12H13N3O2S. The molecule has 0 saturated heterocycles. The lowest BCUT2D eigenvalue weighted by Crippen LogP contribution is -2.27. The minimum Gasteiger partial charge on any atom is -0.497 e. The van der Waals surface area contributed by atoms with Gasteiger partial charge in [-0.05, 0) is 6.07 Å². The highest BCUT2D eigenvalue weighted by atomic mass is 32.1. The number of aromatic nitrogens is 2. The minimum absolute atomic E-state index is 0.151. The van der Waals surface area contributed by atoms with Crippen LogP contribution in [0.1, 0.15) is 16.2 Å². The van der Waals surface area contributed by atoms with E-state index in [-0.39, 0.29) is 5.91 Å². The minimum atomic E-state index is -0.151. The lowest BCUT2D eigenvalue weighted by atomic mass is 10.3. The van der Waals surface area contributed by atoms with Crippen molar-refractivity contribution in [3.05, 3.63) is 40.6 Å². The lowest BCUT2D eigenvalue weighted by Gasteiger charge is -2.15. The predicted octanol–water partition coefficient (Wildman–Crippen LogP) is 1.82. The van der Waals surface area contributed by atoms with Gasteiger partial charge in [-0.1, -0.05) is 0 Å². The Morgan fingerprint density at radius 1 is 1.50 bits per heavy atom. The van der Waals surface area contributed by atoms with Crippen LogP contribution >= 0.6 is 11.3 Å². The van der Waals surface area contributed by atoms with E-state index in [4.69, 9.17) is 4.74 Å². The second-order valence-corrected chi connectivity index (χ2v) is 4.44. The number of nitrogens with zero attached hydrogens (tertiary/aromatic N) is 3. The summed E-state index contributed by atoms with van der Waals surface area (Å²) in [6, 6.07) is 3.33. The molecule has 6 heteroatoms. The van der Waals surface area contributed by atoms with E-state index in [1.165, 1.54) is 11.3 Å². The standard InChI is InChI=1S/C12H13N3O2S/c1-15(6-9-7-18-8-14-9)12(16)11-5-10(17-2)3-4-13-11/h3-5,7-8H,6H2,1-2H3. The van der Waals surface area contributed by atoms with E-state index in [0.717, 1.165) is 5.69 Å². The van der Waals surface area contributed by atoms with E-state index >= 15 is 0 Å². The van der Waals surface area contributed by atoms with Gasteiger partial charge in [-0.15, -0.1) is 11.3 Å². The highest BCUT2D eigenvalue weighted by Crippen LogP contribution is 2.12. The molecule has 0 unspecified atom stereocenters. The number of rotatable bonds is 4. The monoisotopic (exact) mass is 263 g/mol. The first-order valence-electron chi connectivity index (χ1n) is 5.33. The third-order valence-electron chi connectivity index (χ3n) is 2.42. The fraction of sp³-hybridized carbons (Fsp3) is 0.250. The van der Waals surface area contributed by atoms with Crippen LogP contribution in [0.25, 0.3) is 0 Å². The third kappa shape index (κ3) is 2.84. The van der Waals surface area contributed by atoms with Crippen molar-refractivity contribution in [3.8, 4) is 5.75 Å². The summed E-state index contributed by atoms with van der Waals surface area (Å²) in [4.78, 5) is 21.9. The van der Waals surface area contributed by atoms with Crippen LogP contribution in [0.3, 0.4) is 0 Å². The van der Waals surface area contributed by atoms with Gasteiger partial charge in [-0.25, -0.2) is 4.98 Å². The molecule has 2 aromatic heterocycles. The molecule has 94 valence electrons. The molecule has 2 aromatic rings. The number of ether oxygens (including phenoxy) is 1. The zero-order valence-corrected chi connectivity index (χ0v) is 11.0. The number of methoxy groups -OCH3 is 1. The van der Waals surface area contributed by atoms with Crippen molar-refractivity contribution < 1.29 is 9.53 Å². The van der Waals surface area contributed by atoms with Gasteiger partial charge >= 0.3 is 0 Å². The van der Waals surface area contributed by atoms with Crippen molar-refractivity contribution in [1.29, 1.82) is 0 Å². The van der Waals surface area contributed by atoms with Crippen LogP contribution < -0.4 is 4.74 Å². The zero-order valence-electron chi connectivity index (χ0n) is 10.2. The summed E-state index contributed by atoms with van der Waals surface area (Å²) in [7, 11) is 3.28. The fourth-order valence-electron chi connectivity index (χ4n) is 1.48. The molecule has 0 atom stereocenters. The number of amides is 1. The highest BCUT2D eigenvalue weighted by molar-refractivity contribution is 7.07. The summed E-state index contributed by atoms with van der Waals surface area (Å²) in [6.45, 7) is 0.473. The smallest absolute Gasteiger partial charge is 0.272 e. The van der Waals surface area contributed by atoms with E-state index in [2.05, 4.69) is 9.97 Å². The van der Waals surface area contributed by atoms with Crippen LogP contribution in [-0.2, 0) is 6.54 Å². The van der Waals surface area contributed by atoms with Crippen molar-refractivity contribution >= 4 is 17.2 Å². The van der Waals surface area contributed by atoms with Gasteiger partial charge in [0, 0.05) is 24.7 Å². The highest BCUT2D eigenvalue weighted by Gasteiger charge is 2.14. The summed E-state index contributed by atoms with van der Waals surface area (Å²) in [6.07, 6.45) is 1.56. The molecule has 2 heterocycles. The SMILES string of the molecule is COc1ccnc(C(=O)N(C)Cc2cscn2)c1. The van der Waals surface area contributed by atoms with Crippen molar-refractivity contribution in [1.82, 2.24) is 14.9 Å². The first-order chi connectivity index (χ1) is 8.70. The number of hydrogen-bond acceptors (Lipinski definition) is 5. The molecule has 0 aromatic carbocycles. The zero-order chi connectivity index (χ0) is 13.0. The number of pyridine rings is 1. The summed E-state index contributed by atoms with van der Waals surface area (Å²) >= 11 is 1.51. The second kappa shape index (κ2) is 5.59. The molecule has 0 radical (unpaired) electrons. The van der Waals surface area contributed by atoms with E-state index in [1.807, 2.05) is 5.38 Å². The molecule has 0 fully saturated rings. The van der Waals surface area contributed by atoms with Crippen LogP contribution in [0, 0.1) is 0 Å². The molecule has 0 bridgehead atoms. The number of carbonyl (C=O) groups is 1. The van der Waals surface area contributed by atoms with Gasteiger partial charge in [0.15, 0.2) is 0 Å². The summed E-state index contributed by atoms with van der Waals surface area (Å²) in [5.74, 6) is 0.470. The Bertz CT molecular complexity index is 528. The molecule has 1 amide bonds. The lowest BCUT2D eigenvalue weighted by molar-refractivity contribution is 0.0777. The van der Waals surface area contributed by atoms with Gasteiger partial charge in [0.2, 0.25) is 0 Å². The van der Waals surface area contributed by atoms with E-state index < -0.39 is 0 Å². The Morgan fingerprint density at radius 3 is 3.00 bits per heavy atom. The van der Waals surface area contributed by atoms with Crippen LogP contribution in [-0.4, -0.2) is 34.9 Å². The van der Waals surface area contributed by atoms with Crippen molar-refractivity contribution in [2.75, 3.05) is 14.2 Å². The van der Waals surface area contributed by atoms with Gasteiger partial charge in [0.1, 0.15) is 11.4 Å². The molecule has 18 heavy (non-hydrogen) atoms. The van der Waals surface area contributed by atoms with Crippen LogP contribution in [0.5, 0.6) is 5.75 Å². The van der Waals surface area contributed by atoms with Crippen LogP contribution in [0.15, 0.2) is 29.2 Å². The second-order valence-electron chi connectivity index (χ2n) is 3.72. The Kier molecular flexibility index (Phi) is 3.88. The molecule has 0 saturated carbocycles. The Balaban J connectivity index is 2.10. The molecule has 0 aliphatic heterocycles. The molecule has 2 rings (SSSR count). The first-order valence-corrected chi connectivity index (χ1v) is 6.27. The van der Waals surface area contributed by atoms with Crippen molar-refractivity contribution in [2.24, 2.45) is 0 Å². The topological polar surface area (TPSA) is 55.3 Å². The summed E-state index contributed by atoms with van der Waals surface area (Å²) in [5.41, 5.74) is 2.99. The van der Waals surface area contributed by atoms with Gasteiger partial charge in [-0.2, -0.15) is 0 Å². The van der Waals surface area contributed by atoms with Gasteiger partial charge in [0.25, 0.3) is 5.91 Å². The quantitative estimate of drug-likeness (QED) is 0.844. The summed E-state index contributed by atoms with van der Waals surface area (Å²) in [5, 5.41) is 1.92. The molecule has 0 aliphatic carbocycles. The molecule has 0 spiro atoms. The number of carbonyl (C=O) groups excluding carboxylic acids is 1. The molecule has 0 N–H and O–H groups in total. The normalized spacial score (nSPS) is 10.1. The molecule has 0 aliphatic rings. The van der Waals surface area contributed by atoms with Gasteiger partial charge in [0.05, 0.1) is 24.9 Å². The number of thiazole rings is 1. The van der Waals surface area contributed by atoms with Crippen molar-refractivity contribution in [3.63, 3.8) is 0 Å². The maximum atomic E-state index is 12.1. The fourth-order valence-corrected chi connectivity index (χ4v) is 2.03. The maximum Gasteiger partial charge on any atom is 0.272 e. The third-order valence-corrected chi connectivity index (χ3v) is 3.05. The van der Waals surface area contributed by atoms with E-state index in [9.17, 15) is 4.79 Å². The van der Waals surface area contributed by atoms with E-state index in [1.54, 1.807) is 42.9 Å². The van der Waals surface area contributed by atoms with Gasteiger partial charge in [-0.3, -0.25) is 9.78 Å². The van der Waals surface area contributed by atoms with Gasteiger partial charge < -0.3 is 9.64 Å². The predicted molar refractivity (Wildman–Crippen MR) is 68.7 cm³/mol.